The highest BCUT2D eigenvalue weighted by atomic mass is 15.1. The Labute approximate surface area is 65.3 Å². The maximum atomic E-state index is 4.22. The zero-order valence-corrected chi connectivity index (χ0v) is 6.46. The monoisotopic (exact) mass is 146 g/mol. The largest absolute Gasteiger partial charge is 0.282 e. The molecule has 1 aromatic heterocycles. The van der Waals surface area contributed by atoms with Crippen molar-refractivity contribution < 1.29 is 0 Å². The second-order valence-corrected chi connectivity index (χ2v) is 3.51. The second-order valence-electron chi connectivity index (χ2n) is 3.51. The number of hydrogen-bond acceptors (Lipinski definition) is 1. The molecule has 1 heterocycles. The standard InChI is InChI=1S/C9H10N2/c1-5-9-7-4-6(7)2-3-8(9)11-10-5/h2-3,6-7H,4H2,1H3,(H,10,11). The average molecular weight is 146 g/mol. The molecule has 2 nitrogen and oxygen atoms in total. The average Bonchev–Trinajstić information content (AvgIpc) is 2.71. The van der Waals surface area contributed by atoms with Crippen LogP contribution in [-0.2, 0) is 0 Å². The Bertz CT molecular complexity index is 335. The topological polar surface area (TPSA) is 28.7 Å². The van der Waals surface area contributed by atoms with E-state index in [0.717, 1.165) is 11.8 Å². The quantitative estimate of drug-likeness (QED) is 0.594. The predicted molar refractivity (Wildman–Crippen MR) is 43.2 cm³/mol. The van der Waals surface area contributed by atoms with Crippen molar-refractivity contribution in [2.45, 2.75) is 19.3 Å². The molecule has 2 aliphatic carbocycles. The van der Waals surface area contributed by atoms with E-state index < -0.39 is 0 Å². The Morgan fingerprint density at radius 1 is 1.64 bits per heavy atom. The van der Waals surface area contributed by atoms with E-state index in [1.165, 1.54) is 23.4 Å². The Balaban J connectivity index is 2.27. The van der Waals surface area contributed by atoms with E-state index in [-0.39, 0.29) is 0 Å². The van der Waals surface area contributed by atoms with Crippen LogP contribution < -0.4 is 0 Å². The number of nitrogens with one attached hydrogen (secondary N) is 1. The summed E-state index contributed by atoms with van der Waals surface area (Å²) in [4.78, 5) is 0. The molecule has 11 heavy (non-hydrogen) atoms. The van der Waals surface area contributed by atoms with E-state index in [1.54, 1.807) is 0 Å². The smallest absolute Gasteiger partial charge is 0.0883 e. The summed E-state index contributed by atoms with van der Waals surface area (Å²) >= 11 is 0. The Morgan fingerprint density at radius 2 is 2.55 bits per heavy atom. The van der Waals surface area contributed by atoms with Gasteiger partial charge in [-0.1, -0.05) is 6.08 Å². The molecule has 0 aliphatic heterocycles. The Morgan fingerprint density at radius 3 is 3.45 bits per heavy atom. The minimum absolute atomic E-state index is 0.800. The number of allylic oxidation sites excluding steroid dienone is 1. The predicted octanol–water partition coefficient (Wildman–Crippen LogP) is 1.85. The molecule has 2 heteroatoms. The molecule has 0 saturated heterocycles. The highest BCUT2D eigenvalue weighted by Crippen LogP contribution is 2.53. The van der Waals surface area contributed by atoms with Crippen LogP contribution in [0.1, 0.15) is 29.3 Å². The van der Waals surface area contributed by atoms with Crippen molar-refractivity contribution >= 4 is 6.08 Å². The van der Waals surface area contributed by atoms with Gasteiger partial charge in [0.05, 0.1) is 5.69 Å². The summed E-state index contributed by atoms with van der Waals surface area (Å²) in [6.45, 7) is 2.11. The first-order chi connectivity index (χ1) is 5.36. The van der Waals surface area contributed by atoms with Crippen molar-refractivity contribution in [1.82, 2.24) is 10.2 Å². The molecule has 2 aliphatic rings. The molecule has 0 radical (unpaired) electrons. The summed E-state index contributed by atoms with van der Waals surface area (Å²) in [5.74, 6) is 1.63. The van der Waals surface area contributed by atoms with Gasteiger partial charge in [0, 0.05) is 11.3 Å². The van der Waals surface area contributed by atoms with Crippen LogP contribution in [0.3, 0.4) is 0 Å². The van der Waals surface area contributed by atoms with Crippen molar-refractivity contribution in [3.05, 3.63) is 23.0 Å². The Kier molecular flexibility index (Phi) is 0.799. The third kappa shape index (κ3) is 0.595. The third-order valence-corrected chi connectivity index (χ3v) is 2.74. The van der Waals surface area contributed by atoms with Crippen LogP contribution >= 0.6 is 0 Å². The summed E-state index contributed by atoms with van der Waals surface area (Å²) in [6.07, 6.45) is 5.77. The first-order valence-electron chi connectivity index (χ1n) is 4.09. The van der Waals surface area contributed by atoms with Crippen LogP contribution in [0, 0.1) is 12.8 Å². The summed E-state index contributed by atoms with van der Waals surface area (Å²) in [5, 5.41) is 7.26. The van der Waals surface area contributed by atoms with Gasteiger partial charge in [-0.2, -0.15) is 5.10 Å². The maximum absolute atomic E-state index is 4.22. The van der Waals surface area contributed by atoms with Gasteiger partial charge in [-0.05, 0) is 31.3 Å². The molecule has 3 rings (SSSR count). The molecule has 56 valence electrons. The minimum atomic E-state index is 0.800. The van der Waals surface area contributed by atoms with Gasteiger partial charge in [0.2, 0.25) is 0 Å². The van der Waals surface area contributed by atoms with Gasteiger partial charge in [-0.15, -0.1) is 0 Å². The lowest BCUT2D eigenvalue weighted by molar-refractivity contribution is 0.984. The number of aryl methyl sites for hydroxylation is 1. The Hall–Kier alpha value is -1.05. The van der Waals surface area contributed by atoms with Gasteiger partial charge >= 0.3 is 0 Å². The minimum Gasteiger partial charge on any atom is -0.282 e. The van der Waals surface area contributed by atoms with Gasteiger partial charge in [0.25, 0.3) is 0 Å². The molecule has 1 saturated carbocycles. The normalized spacial score (nSPS) is 31.4. The number of fused-ring (bicyclic) bond motifs is 3. The van der Waals surface area contributed by atoms with Gasteiger partial charge < -0.3 is 0 Å². The second kappa shape index (κ2) is 1.58. The molecule has 0 bridgehead atoms. The fourth-order valence-corrected chi connectivity index (χ4v) is 2.03. The van der Waals surface area contributed by atoms with Crippen LogP contribution in [0.25, 0.3) is 6.08 Å². The van der Waals surface area contributed by atoms with Crippen molar-refractivity contribution in [3.8, 4) is 0 Å². The molecular formula is C9H10N2. The number of H-pyrrole nitrogens is 1. The number of nitrogens with zero attached hydrogens (tertiary/aromatic N) is 1. The molecule has 1 fully saturated rings. The first kappa shape index (κ1) is 5.58. The van der Waals surface area contributed by atoms with Gasteiger partial charge in [0.15, 0.2) is 0 Å². The molecule has 2 atom stereocenters. The van der Waals surface area contributed by atoms with Crippen LogP contribution in [0.15, 0.2) is 6.08 Å². The fraction of sp³-hybridized carbons (Fsp3) is 0.444. The SMILES string of the molecule is Cc1[nH]nc2c1C1CC1C=C2. The molecule has 0 amide bonds. The zero-order valence-electron chi connectivity index (χ0n) is 6.46. The van der Waals surface area contributed by atoms with Gasteiger partial charge in [-0.3, -0.25) is 5.10 Å². The van der Waals surface area contributed by atoms with Crippen molar-refractivity contribution in [2.24, 2.45) is 5.92 Å². The van der Waals surface area contributed by atoms with Crippen LogP contribution in [0.5, 0.6) is 0 Å². The van der Waals surface area contributed by atoms with E-state index in [1.807, 2.05) is 0 Å². The number of rotatable bonds is 0. The van der Waals surface area contributed by atoms with Crippen LogP contribution in [0.2, 0.25) is 0 Å². The van der Waals surface area contributed by atoms with E-state index in [2.05, 4.69) is 29.3 Å². The lowest BCUT2D eigenvalue weighted by Gasteiger charge is -2.01. The maximum Gasteiger partial charge on any atom is 0.0883 e. The summed E-state index contributed by atoms with van der Waals surface area (Å²) in [6, 6.07) is 0. The number of hydrogen-bond donors (Lipinski definition) is 1. The van der Waals surface area contributed by atoms with E-state index in [9.17, 15) is 0 Å². The first-order valence-corrected chi connectivity index (χ1v) is 4.09. The fourth-order valence-electron chi connectivity index (χ4n) is 2.03. The summed E-state index contributed by atoms with van der Waals surface area (Å²) in [5.41, 5.74) is 3.90. The van der Waals surface area contributed by atoms with Crippen LogP contribution in [-0.4, -0.2) is 10.2 Å². The zero-order chi connectivity index (χ0) is 7.42. The lowest BCUT2D eigenvalue weighted by atomic mass is 10.0. The van der Waals surface area contributed by atoms with Crippen molar-refractivity contribution in [2.75, 3.05) is 0 Å². The van der Waals surface area contributed by atoms with Gasteiger partial charge in [-0.25, -0.2) is 0 Å². The third-order valence-electron chi connectivity index (χ3n) is 2.74. The van der Waals surface area contributed by atoms with E-state index in [4.69, 9.17) is 0 Å². The molecule has 1 N–H and O–H groups in total. The molecule has 2 unspecified atom stereocenters. The van der Waals surface area contributed by atoms with E-state index in [0.29, 0.717) is 0 Å². The molecule has 1 aromatic rings. The molecular weight excluding hydrogens is 136 g/mol. The summed E-state index contributed by atoms with van der Waals surface area (Å²) in [7, 11) is 0. The van der Waals surface area contributed by atoms with Crippen molar-refractivity contribution in [1.29, 1.82) is 0 Å². The number of aromatic amines is 1. The molecule has 0 aromatic carbocycles. The van der Waals surface area contributed by atoms with E-state index >= 15 is 0 Å². The van der Waals surface area contributed by atoms with Crippen molar-refractivity contribution in [3.63, 3.8) is 0 Å². The lowest BCUT2D eigenvalue weighted by Crippen LogP contribution is -1.90. The highest BCUT2D eigenvalue weighted by Gasteiger charge is 2.41. The van der Waals surface area contributed by atoms with Crippen LogP contribution in [0.4, 0.5) is 0 Å². The highest BCUT2D eigenvalue weighted by molar-refractivity contribution is 5.58. The summed E-state index contributed by atoms with van der Waals surface area (Å²) < 4.78 is 0. The number of aromatic nitrogens is 2. The van der Waals surface area contributed by atoms with Gasteiger partial charge in [0.1, 0.15) is 0 Å². The molecule has 0 spiro atoms.